The molecular weight excluding hydrogens is 372 g/mol. The zero-order chi connectivity index (χ0) is 20.3. The standard InChI is InChI=1S/C25H22N4O/c30-25(24-16-23(10-12-27-24)28-13-1-2-14-28)29(22-8-9-22)18-19-5-3-6-20(15-19)21-7-4-11-26-17-21/h1-7,10-17,22H,8-9,18H2. The van der Waals surface area contributed by atoms with Gasteiger partial charge >= 0.3 is 0 Å². The lowest BCUT2D eigenvalue weighted by Crippen LogP contribution is -2.33. The summed E-state index contributed by atoms with van der Waals surface area (Å²) in [5, 5.41) is 0. The topological polar surface area (TPSA) is 51.0 Å². The van der Waals surface area contributed by atoms with Crippen LogP contribution in [0.3, 0.4) is 0 Å². The number of benzene rings is 1. The van der Waals surface area contributed by atoms with Gasteiger partial charge in [-0.1, -0.05) is 24.3 Å². The number of carbonyl (C=O) groups excluding carboxylic acids is 1. The largest absolute Gasteiger partial charge is 0.330 e. The van der Waals surface area contributed by atoms with E-state index >= 15 is 0 Å². The van der Waals surface area contributed by atoms with Crippen LogP contribution in [0.5, 0.6) is 0 Å². The number of nitrogens with zero attached hydrogens (tertiary/aromatic N) is 4. The molecule has 1 amide bonds. The molecule has 0 radical (unpaired) electrons. The molecule has 1 saturated carbocycles. The molecule has 5 rings (SSSR count). The molecule has 0 aliphatic heterocycles. The molecule has 0 atom stereocenters. The monoisotopic (exact) mass is 394 g/mol. The Morgan fingerprint density at radius 2 is 1.80 bits per heavy atom. The van der Waals surface area contributed by atoms with E-state index < -0.39 is 0 Å². The van der Waals surface area contributed by atoms with Crippen molar-refractivity contribution < 1.29 is 4.79 Å². The molecule has 0 saturated heterocycles. The fraction of sp³-hybridized carbons (Fsp3) is 0.160. The second-order valence-electron chi connectivity index (χ2n) is 7.60. The van der Waals surface area contributed by atoms with Crippen LogP contribution in [0.2, 0.25) is 0 Å². The highest BCUT2D eigenvalue weighted by molar-refractivity contribution is 5.93. The Balaban J connectivity index is 1.40. The second kappa shape index (κ2) is 7.95. The van der Waals surface area contributed by atoms with Gasteiger partial charge in [0.1, 0.15) is 5.69 Å². The number of amides is 1. The number of carbonyl (C=O) groups is 1. The fourth-order valence-corrected chi connectivity index (χ4v) is 3.68. The Kier molecular flexibility index (Phi) is 4.85. The minimum absolute atomic E-state index is 0.0155. The number of aromatic nitrogens is 3. The van der Waals surface area contributed by atoms with Crippen LogP contribution >= 0.6 is 0 Å². The number of hydrogen-bond donors (Lipinski definition) is 0. The molecule has 148 valence electrons. The summed E-state index contributed by atoms with van der Waals surface area (Å²) in [6.07, 6.45) is 11.4. The quantitative estimate of drug-likeness (QED) is 0.475. The Hall–Kier alpha value is -3.73. The van der Waals surface area contributed by atoms with Crippen LogP contribution in [0.25, 0.3) is 16.8 Å². The third kappa shape index (κ3) is 3.87. The summed E-state index contributed by atoms with van der Waals surface area (Å²) < 4.78 is 1.98. The first-order valence-electron chi connectivity index (χ1n) is 10.2. The van der Waals surface area contributed by atoms with Crippen LogP contribution in [0.15, 0.2) is 91.6 Å². The summed E-state index contributed by atoms with van der Waals surface area (Å²) in [4.78, 5) is 23.9. The summed E-state index contributed by atoms with van der Waals surface area (Å²) in [5.74, 6) is -0.0155. The van der Waals surface area contributed by atoms with Gasteiger partial charge in [0.2, 0.25) is 0 Å². The maximum atomic E-state index is 13.4. The van der Waals surface area contributed by atoms with Crippen molar-refractivity contribution in [3.63, 3.8) is 0 Å². The summed E-state index contributed by atoms with van der Waals surface area (Å²) in [6, 6.07) is 20.3. The van der Waals surface area contributed by atoms with Gasteiger partial charge in [0.05, 0.1) is 0 Å². The number of hydrogen-bond acceptors (Lipinski definition) is 3. The molecule has 3 heterocycles. The molecule has 1 fully saturated rings. The third-order valence-electron chi connectivity index (χ3n) is 5.39. The normalized spacial score (nSPS) is 13.2. The van der Waals surface area contributed by atoms with E-state index in [0.717, 1.165) is 35.2 Å². The van der Waals surface area contributed by atoms with Crippen molar-refractivity contribution in [2.45, 2.75) is 25.4 Å². The Bertz CT molecular complexity index is 1150. The van der Waals surface area contributed by atoms with E-state index in [9.17, 15) is 4.79 Å². The number of rotatable bonds is 6. The van der Waals surface area contributed by atoms with Gasteiger partial charge in [-0.15, -0.1) is 0 Å². The summed E-state index contributed by atoms with van der Waals surface area (Å²) in [5.41, 5.74) is 4.71. The highest BCUT2D eigenvalue weighted by atomic mass is 16.2. The third-order valence-corrected chi connectivity index (χ3v) is 5.39. The fourth-order valence-electron chi connectivity index (χ4n) is 3.68. The van der Waals surface area contributed by atoms with E-state index in [4.69, 9.17) is 0 Å². The van der Waals surface area contributed by atoms with Gasteiger partial charge in [0, 0.05) is 49.3 Å². The van der Waals surface area contributed by atoms with Crippen LogP contribution in [-0.2, 0) is 6.54 Å². The lowest BCUT2D eigenvalue weighted by Gasteiger charge is -2.23. The first kappa shape index (κ1) is 18.3. The van der Waals surface area contributed by atoms with E-state index in [0.29, 0.717) is 12.2 Å². The zero-order valence-corrected chi connectivity index (χ0v) is 16.6. The molecule has 1 aliphatic rings. The van der Waals surface area contributed by atoms with E-state index in [1.807, 2.05) is 70.5 Å². The van der Waals surface area contributed by atoms with Crippen LogP contribution < -0.4 is 0 Å². The van der Waals surface area contributed by atoms with E-state index in [1.165, 1.54) is 0 Å². The van der Waals surface area contributed by atoms with E-state index in [1.54, 1.807) is 12.4 Å². The predicted octanol–water partition coefficient (Wildman–Crippen LogP) is 4.74. The molecule has 1 aromatic carbocycles. The van der Waals surface area contributed by atoms with E-state index in [-0.39, 0.29) is 11.9 Å². The lowest BCUT2D eigenvalue weighted by atomic mass is 10.0. The molecule has 3 aromatic heterocycles. The van der Waals surface area contributed by atoms with Gasteiger partial charge < -0.3 is 9.47 Å². The molecule has 0 bridgehead atoms. The Labute approximate surface area is 175 Å². The number of pyridine rings is 2. The maximum Gasteiger partial charge on any atom is 0.273 e. The van der Waals surface area contributed by atoms with Gasteiger partial charge in [0.15, 0.2) is 0 Å². The molecular formula is C25H22N4O. The lowest BCUT2D eigenvalue weighted by molar-refractivity contribution is 0.0724. The summed E-state index contributed by atoms with van der Waals surface area (Å²) in [6.45, 7) is 0.576. The first-order chi connectivity index (χ1) is 14.8. The van der Waals surface area contributed by atoms with Crippen molar-refractivity contribution in [2.75, 3.05) is 0 Å². The summed E-state index contributed by atoms with van der Waals surface area (Å²) >= 11 is 0. The average Bonchev–Trinajstić information content (AvgIpc) is 3.50. The van der Waals surface area contributed by atoms with Gasteiger partial charge in [0.25, 0.3) is 5.91 Å². The smallest absolute Gasteiger partial charge is 0.273 e. The average molecular weight is 394 g/mol. The van der Waals surface area contributed by atoms with Gasteiger partial charge in [-0.25, -0.2) is 0 Å². The summed E-state index contributed by atoms with van der Waals surface area (Å²) in [7, 11) is 0. The van der Waals surface area contributed by atoms with Gasteiger partial charge in [-0.05, 0) is 65.9 Å². The van der Waals surface area contributed by atoms with Gasteiger partial charge in [-0.3, -0.25) is 14.8 Å². The van der Waals surface area contributed by atoms with Crippen molar-refractivity contribution in [1.29, 1.82) is 0 Å². The molecule has 0 spiro atoms. The highest BCUT2D eigenvalue weighted by Gasteiger charge is 2.33. The highest BCUT2D eigenvalue weighted by Crippen LogP contribution is 2.30. The zero-order valence-electron chi connectivity index (χ0n) is 16.6. The minimum atomic E-state index is -0.0155. The predicted molar refractivity (Wildman–Crippen MR) is 116 cm³/mol. The van der Waals surface area contributed by atoms with Crippen LogP contribution in [-0.4, -0.2) is 31.4 Å². The molecule has 30 heavy (non-hydrogen) atoms. The molecule has 0 N–H and O–H groups in total. The SMILES string of the molecule is O=C(c1cc(-n2cccc2)ccn1)N(Cc1cccc(-c2cccnc2)c1)C1CC1. The van der Waals surface area contributed by atoms with Crippen molar-refractivity contribution in [3.8, 4) is 16.8 Å². The van der Waals surface area contributed by atoms with E-state index in [2.05, 4.69) is 28.2 Å². The van der Waals surface area contributed by atoms with Crippen LogP contribution in [0, 0.1) is 0 Å². The Morgan fingerprint density at radius 1 is 0.967 bits per heavy atom. The van der Waals surface area contributed by atoms with Crippen LogP contribution in [0.1, 0.15) is 28.9 Å². The van der Waals surface area contributed by atoms with Crippen molar-refractivity contribution in [2.24, 2.45) is 0 Å². The maximum absolute atomic E-state index is 13.4. The van der Waals surface area contributed by atoms with Crippen molar-refractivity contribution in [3.05, 3.63) is 103 Å². The molecule has 1 aliphatic carbocycles. The first-order valence-corrected chi connectivity index (χ1v) is 10.2. The van der Waals surface area contributed by atoms with Crippen LogP contribution in [0.4, 0.5) is 0 Å². The molecule has 0 unspecified atom stereocenters. The van der Waals surface area contributed by atoms with Crippen molar-refractivity contribution in [1.82, 2.24) is 19.4 Å². The Morgan fingerprint density at radius 3 is 2.57 bits per heavy atom. The van der Waals surface area contributed by atoms with Gasteiger partial charge in [-0.2, -0.15) is 0 Å². The molecule has 5 nitrogen and oxygen atoms in total. The molecule has 4 aromatic rings. The minimum Gasteiger partial charge on any atom is -0.330 e. The molecule has 5 heteroatoms. The van der Waals surface area contributed by atoms with Crippen molar-refractivity contribution >= 4 is 5.91 Å². The second-order valence-corrected chi connectivity index (χ2v) is 7.60.